The number of urea groups is 1. The van der Waals surface area contributed by atoms with Crippen LogP contribution in [0.5, 0.6) is 0 Å². The molecule has 6 N–H and O–H groups in total. The molecule has 2 atom stereocenters. The monoisotopic (exact) mass is 1260 g/mol. The molecular weight excluding hydrogens is 1180 g/mol. The number of sulfonamides is 2. The standard InChI is InChI=1S/C56H78Cl4N8O12S2/c1-67-36-49(47-32-43(57)34-53(59)51(47)38-67)41-7-11-45(12-8-41)81(71,72)65-18-22-77-26-30-79-28-24-75-20-5-6-55(69)64-40-61-15-3-4-16-62-56(70)63-17-21-76-25-29-80-31-27-78-23-19-66-82(73,74)46-13-9-42(10-14-46)50-37-68(2)39-52-48(50)33-44(58)35-54(52)60/h7-14,32-35,49-50,61,65-66H,3-6,15-31,36-40H2,1-2H3,(H,64,69)(H2,62,63,70). The van der Waals surface area contributed by atoms with Crippen LogP contribution in [0.3, 0.4) is 0 Å². The molecule has 2 unspecified atom stereocenters. The molecule has 0 bridgehead atoms. The number of unbranched alkanes of at least 4 members (excludes halogenated alkanes) is 1. The first-order valence-corrected chi connectivity index (χ1v) is 32.0. The molecule has 6 rings (SSSR count). The Morgan fingerprint density at radius 1 is 0.500 bits per heavy atom. The molecule has 2 aliphatic rings. The van der Waals surface area contributed by atoms with Crippen molar-refractivity contribution in [3.8, 4) is 0 Å². The van der Waals surface area contributed by atoms with Crippen molar-refractivity contribution in [2.75, 3.05) is 146 Å². The maximum atomic E-state index is 12.9. The molecule has 82 heavy (non-hydrogen) atoms. The lowest BCUT2D eigenvalue weighted by Gasteiger charge is -2.33. The predicted octanol–water partition coefficient (Wildman–Crippen LogP) is 6.33. The number of rotatable bonds is 38. The van der Waals surface area contributed by atoms with Gasteiger partial charge in [-0.15, -0.1) is 0 Å². The third kappa shape index (κ3) is 22.9. The molecule has 20 nitrogen and oxygen atoms in total. The average molecular weight is 1260 g/mol. The maximum Gasteiger partial charge on any atom is 0.314 e. The first kappa shape index (κ1) is 67.4. The Morgan fingerprint density at radius 3 is 1.37 bits per heavy atom. The number of carbonyl (C=O) groups excluding carboxylic acids is 2. The fraction of sp³-hybridized carbons (Fsp3) is 0.536. The van der Waals surface area contributed by atoms with Crippen molar-refractivity contribution in [3.05, 3.63) is 126 Å². The molecule has 0 aromatic heterocycles. The van der Waals surface area contributed by atoms with Gasteiger partial charge in [0.2, 0.25) is 26.0 Å². The van der Waals surface area contributed by atoms with Gasteiger partial charge in [-0.05, 0) is 122 Å². The number of nitrogens with zero attached hydrogens (tertiary/aromatic N) is 2. The van der Waals surface area contributed by atoms with Gasteiger partial charge in [0.1, 0.15) is 0 Å². The number of nitrogens with one attached hydrogen (secondary N) is 6. The smallest absolute Gasteiger partial charge is 0.314 e. The van der Waals surface area contributed by atoms with E-state index in [0.29, 0.717) is 132 Å². The molecule has 0 spiro atoms. The van der Waals surface area contributed by atoms with Crippen LogP contribution in [-0.2, 0) is 66.4 Å². The zero-order valence-electron chi connectivity index (χ0n) is 46.6. The molecule has 2 aliphatic heterocycles. The topological polar surface area (TPSA) is 236 Å². The molecule has 0 radical (unpaired) electrons. The summed E-state index contributed by atoms with van der Waals surface area (Å²) >= 11 is 25.6. The molecule has 4 aromatic carbocycles. The molecule has 0 fully saturated rings. The van der Waals surface area contributed by atoms with Crippen LogP contribution < -0.4 is 30.7 Å². The average Bonchev–Trinajstić information content (AvgIpc) is 3.54. The molecule has 26 heteroatoms. The lowest BCUT2D eigenvalue weighted by Crippen LogP contribution is -2.38. The summed E-state index contributed by atoms with van der Waals surface area (Å²) < 4.78 is 90.0. The third-order valence-electron chi connectivity index (χ3n) is 13.4. The van der Waals surface area contributed by atoms with E-state index >= 15 is 0 Å². The minimum absolute atomic E-state index is 0.00711. The number of amides is 3. The molecule has 3 amide bonds. The number of benzene rings is 4. The quantitative estimate of drug-likeness (QED) is 0.0212. The van der Waals surface area contributed by atoms with Gasteiger partial charge in [0, 0.05) is 97.3 Å². The van der Waals surface area contributed by atoms with E-state index < -0.39 is 20.0 Å². The van der Waals surface area contributed by atoms with Crippen LogP contribution in [0.1, 0.15) is 70.9 Å². The highest BCUT2D eigenvalue weighted by Gasteiger charge is 2.29. The van der Waals surface area contributed by atoms with Crippen LogP contribution in [-0.4, -0.2) is 184 Å². The van der Waals surface area contributed by atoms with Crippen molar-refractivity contribution in [3.63, 3.8) is 0 Å². The number of hydrogen-bond donors (Lipinski definition) is 6. The van der Waals surface area contributed by atoms with E-state index in [4.69, 9.17) is 74.8 Å². The Morgan fingerprint density at radius 2 is 0.902 bits per heavy atom. The first-order chi connectivity index (χ1) is 39.5. The molecule has 4 aromatic rings. The van der Waals surface area contributed by atoms with Crippen molar-refractivity contribution >= 4 is 78.4 Å². The van der Waals surface area contributed by atoms with Crippen molar-refractivity contribution < 1.29 is 54.8 Å². The molecule has 454 valence electrons. The summed E-state index contributed by atoms with van der Waals surface area (Å²) in [7, 11) is -3.40. The van der Waals surface area contributed by atoms with Gasteiger partial charge in [0.25, 0.3) is 0 Å². The van der Waals surface area contributed by atoms with Gasteiger partial charge < -0.3 is 54.2 Å². The zero-order valence-corrected chi connectivity index (χ0v) is 51.2. The molecular formula is C56H78Cl4N8O12S2. The Balaban J connectivity index is 0.646. The van der Waals surface area contributed by atoms with E-state index in [0.717, 1.165) is 65.9 Å². The number of ether oxygens (including phenoxy) is 6. The summed E-state index contributed by atoms with van der Waals surface area (Å²) in [5.41, 5.74) is 6.13. The van der Waals surface area contributed by atoms with Gasteiger partial charge in [-0.1, -0.05) is 70.7 Å². The van der Waals surface area contributed by atoms with Crippen molar-refractivity contribution in [2.24, 2.45) is 0 Å². The Kier molecular flexibility index (Phi) is 29.3. The van der Waals surface area contributed by atoms with E-state index in [-0.39, 0.29) is 59.9 Å². The predicted molar refractivity (Wildman–Crippen MR) is 318 cm³/mol. The summed E-state index contributed by atoms with van der Waals surface area (Å²) in [5, 5.41) is 13.9. The van der Waals surface area contributed by atoms with E-state index in [1.165, 1.54) is 0 Å². The summed E-state index contributed by atoms with van der Waals surface area (Å²) in [6.07, 6.45) is 2.47. The summed E-state index contributed by atoms with van der Waals surface area (Å²) in [6, 6.07) is 20.9. The Bertz CT molecular complexity index is 2660. The summed E-state index contributed by atoms with van der Waals surface area (Å²) in [5.74, 6) is -0.0655. The second-order valence-corrected chi connectivity index (χ2v) is 25.0. The van der Waals surface area contributed by atoms with Crippen LogP contribution in [0.15, 0.2) is 82.6 Å². The van der Waals surface area contributed by atoms with Crippen molar-refractivity contribution in [1.29, 1.82) is 0 Å². The van der Waals surface area contributed by atoms with E-state index in [1.54, 1.807) is 36.4 Å². The van der Waals surface area contributed by atoms with E-state index in [9.17, 15) is 26.4 Å². The highest BCUT2D eigenvalue weighted by Crippen LogP contribution is 2.40. The second-order valence-electron chi connectivity index (χ2n) is 19.8. The number of fused-ring (bicyclic) bond motifs is 2. The Hall–Kier alpha value is -3.76. The third-order valence-corrected chi connectivity index (χ3v) is 17.5. The van der Waals surface area contributed by atoms with Crippen LogP contribution in [0.4, 0.5) is 4.79 Å². The second kappa shape index (κ2) is 35.6. The molecule has 0 saturated heterocycles. The summed E-state index contributed by atoms with van der Waals surface area (Å²) in [6.45, 7) is 8.80. The summed E-state index contributed by atoms with van der Waals surface area (Å²) in [4.78, 5) is 28.9. The lowest BCUT2D eigenvalue weighted by molar-refractivity contribution is -0.121. The van der Waals surface area contributed by atoms with Crippen LogP contribution in [0, 0.1) is 0 Å². The fourth-order valence-corrected chi connectivity index (χ4v) is 12.5. The van der Waals surface area contributed by atoms with Crippen molar-refractivity contribution in [1.82, 2.24) is 40.5 Å². The maximum absolute atomic E-state index is 12.9. The van der Waals surface area contributed by atoms with Crippen LogP contribution >= 0.6 is 46.4 Å². The van der Waals surface area contributed by atoms with E-state index in [1.807, 2.05) is 50.5 Å². The van der Waals surface area contributed by atoms with Crippen molar-refractivity contribution in [2.45, 2.75) is 60.4 Å². The molecule has 0 saturated carbocycles. The molecule has 0 aliphatic carbocycles. The first-order valence-electron chi connectivity index (χ1n) is 27.5. The van der Waals surface area contributed by atoms with Gasteiger partial charge in [0.05, 0.1) is 89.1 Å². The largest absolute Gasteiger partial charge is 0.379 e. The van der Waals surface area contributed by atoms with Gasteiger partial charge in [0.15, 0.2) is 0 Å². The minimum atomic E-state index is -3.73. The normalized spacial score (nSPS) is 15.7. The van der Waals surface area contributed by atoms with E-state index in [2.05, 4.69) is 40.5 Å². The minimum Gasteiger partial charge on any atom is -0.379 e. The number of hydrogen-bond acceptors (Lipinski definition) is 15. The number of carbonyl (C=O) groups is 2. The van der Waals surface area contributed by atoms with Gasteiger partial charge in [-0.3, -0.25) is 10.1 Å². The van der Waals surface area contributed by atoms with Gasteiger partial charge in [-0.2, -0.15) is 0 Å². The SMILES string of the molecule is CN1Cc2c(Cl)cc(Cl)cc2C(c2ccc(S(=O)(=O)NCCOCCOCCOCCCC(=O)NCNCCCCNC(=O)NCCOCCOCCOCCNS(=O)(=O)c3ccc(C4CN(C)Cc5c(Cl)cc(Cl)cc54)cc3)cc2)C1. The van der Waals surface area contributed by atoms with Gasteiger partial charge >= 0.3 is 6.03 Å². The lowest BCUT2D eigenvalue weighted by atomic mass is 9.85. The highest BCUT2D eigenvalue weighted by atomic mass is 35.5. The van der Waals surface area contributed by atoms with Crippen LogP contribution in [0.2, 0.25) is 20.1 Å². The number of halogens is 4. The Labute approximate surface area is 503 Å². The van der Waals surface area contributed by atoms with Crippen LogP contribution in [0.25, 0.3) is 0 Å². The highest BCUT2D eigenvalue weighted by molar-refractivity contribution is 7.89. The molecule has 2 heterocycles. The number of likely N-dealkylation sites (N-methyl/N-ethyl adjacent to an activating group) is 2. The van der Waals surface area contributed by atoms with Gasteiger partial charge in [-0.25, -0.2) is 31.1 Å². The zero-order chi connectivity index (χ0) is 58.7. The fourth-order valence-electron chi connectivity index (χ4n) is 9.32.